The number of amides is 2. The summed E-state index contributed by atoms with van der Waals surface area (Å²) in [4.78, 5) is 55.4. The summed E-state index contributed by atoms with van der Waals surface area (Å²) < 4.78 is 19.9. The van der Waals surface area contributed by atoms with Crippen LogP contribution in [0.5, 0.6) is 5.75 Å². The van der Waals surface area contributed by atoms with E-state index in [-0.39, 0.29) is 48.7 Å². The molecular weight excluding hydrogens is 1020 g/mol. The molecule has 6 heterocycles. The van der Waals surface area contributed by atoms with E-state index in [0.29, 0.717) is 146 Å². The highest BCUT2D eigenvalue weighted by Crippen LogP contribution is 2.27. The minimum atomic E-state index is -0.698. The average Bonchev–Trinajstić information content (AvgIpc) is 4.24. The van der Waals surface area contributed by atoms with Gasteiger partial charge in [-0.15, -0.1) is 29.0 Å². The Morgan fingerprint density at radius 2 is 1.22 bits per heavy atom. The number of carbonyl (C=O) groups excluding carboxylic acids is 2. The van der Waals surface area contributed by atoms with Gasteiger partial charge in [-0.1, -0.05) is 74.4 Å². The molecule has 2 saturated heterocycles. The Balaban J connectivity index is 0.00000882. The lowest BCUT2D eigenvalue weighted by Gasteiger charge is -2.38. The third kappa shape index (κ3) is 16.1. The van der Waals surface area contributed by atoms with Gasteiger partial charge in [0.2, 0.25) is 29.7 Å². The van der Waals surface area contributed by atoms with Crippen LogP contribution in [0.15, 0.2) is 67.0 Å². The lowest BCUT2D eigenvalue weighted by molar-refractivity contribution is -0.136. The number of aromatic amines is 1. The Labute approximate surface area is 462 Å². The molecule has 24 heteroatoms. The molecular formula is C54H76ClN17O6. The standard InChI is InChI=1S/C54H75N17O6.ClH/c1-6-24-75-26-28-77-29-27-76-25-15-57-52-59-53(68-20-16-66(17-21-68)50(73)48(32-39-11-13-42(72)14-12-39)70-35-46(62-64-70)43(55)30-37(2)3)61-54(60-52)69-22-18-67(19-23-69)51(74)49(34-41-33-40-9-7-8-10-45(40)58-41)71-36-47(63-65-71)44(56)31-38(4)5;/h1,7-14,33,35-38,43-44,48-49,58,72H,15-32,34,55-56H2,2-5H3,(H,57,59,60,61);1H/t43-,44-,48-,49-;/m0./s1. The number of phenols is 1. The van der Waals surface area contributed by atoms with Gasteiger partial charge in [0.05, 0.1) is 68.9 Å². The highest BCUT2D eigenvalue weighted by atomic mass is 35.5. The fourth-order valence-electron chi connectivity index (χ4n) is 9.57. The Bertz CT molecular complexity index is 2820. The quantitative estimate of drug-likeness (QED) is 0.0359. The molecule has 0 unspecified atom stereocenters. The van der Waals surface area contributed by atoms with Crippen molar-refractivity contribution in [1.82, 2.24) is 59.7 Å². The summed E-state index contributed by atoms with van der Waals surface area (Å²) in [5.41, 5.74) is 17.1. The number of phenolic OH excluding ortho intramolecular Hbond substituents is 1. The van der Waals surface area contributed by atoms with Gasteiger partial charge in [0.15, 0.2) is 0 Å². The van der Waals surface area contributed by atoms with Crippen molar-refractivity contribution in [2.75, 3.05) is 114 Å². The zero-order valence-electron chi connectivity index (χ0n) is 45.2. The van der Waals surface area contributed by atoms with E-state index >= 15 is 0 Å². The first-order valence-electron chi connectivity index (χ1n) is 26.7. The summed E-state index contributed by atoms with van der Waals surface area (Å²) in [7, 11) is 0. The number of aromatic hydroxyl groups is 1. The fourth-order valence-corrected chi connectivity index (χ4v) is 9.57. The van der Waals surface area contributed by atoms with Gasteiger partial charge in [0.25, 0.3) is 0 Å². The number of ether oxygens (including phenoxy) is 3. The molecule has 4 aromatic heterocycles. The van der Waals surface area contributed by atoms with Crippen molar-refractivity contribution in [1.29, 1.82) is 0 Å². The topological polar surface area (TPSA) is 275 Å². The van der Waals surface area contributed by atoms with E-state index in [9.17, 15) is 14.7 Å². The maximum absolute atomic E-state index is 14.7. The van der Waals surface area contributed by atoms with Crippen LogP contribution >= 0.6 is 12.4 Å². The fraction of sp³-hybridized carbons (Fsp3) is 0.537. The number of hydrogen-bond acceptors (Lipinski definition) is 18. The average molecular weight is 1090 g/mol. The molecule has 0 aliphatic carbocycles. The molecule has 420 valence electrons. The normalized spacial score (nSPS) is 15.6. The molecule has 0 bridgehead atoms. The maximum Gasteiger partial charge on any atom is 0.248 e. The second-order valence-electron chi connectivity index (χ2n) is 20.5. The van der Waals surface area contributed by atoms with E-state index in [1.165, 1.54) is 0 Å². The van der Waals surface area contributed by atoms with Gasteiger partial charge in [0, 0.05) is 83.0 Å². The zero-order chi connectivity index (χ0) is 54.3. The summed E-state index contributed by atoms with van der Waals surface area (Å²) in [5.74, 6) is 4.41. The van der Waals surface area contributed by atoms with Gasteiger partial charge in [-0.05, 0) is 59.9 Å². The summed E-state index contributed by atoms with van der Waals surface area (Å²) in [6.45, 7) is 14.5. The summed E-state index contributed by atoms with van der Waals surface area (Å²) in [6, 6.07) is 15.0. The minimum absolute atomic E-state index is 0. The number of benzene rings is 2. The zero-order valence-corrected chi connectivity index (χ0v) is 46.0. The van der Waals surface area contributed by atoms with E-state index in [0.717, 1.165) is 35.0 Å². The van der Waals surface area contributed by atoms with Gasteiger partial charge in [-0.25, -0.2) is 9.36 Å². The monoisotopic (exact) mass is 1090 g/mol. The van der Waals surface area contributed by atoms with Crippen LogP contribution in [-0.4, -0.2) is 175 Å². The minimum Gasteiger partial charge on any atom is -0.508 e. The van der Waals surface area contributed by atoms with Crippen molar-refractivity contribution in [3.8, 4) is 18.1 Å². The number of nitrogens with zero attached hydrogens (tertiary/aromatic N) is 13. The summed E-state index contributed by atoms with van der Waals surface area (Å²) in [6.07, 6.45) is 11.0. The molecule has 2 fully saturated rings. The van der Waals surface area contributed by atoms with Crippen molar-refractivity contribution in [3.05, 3.63) is 89.6 Å². The molecule has 2 aliphatic heterocycles. The van der Waals surface area contributed by atoms with Crippen LogP contribution in [0.1, 0.15) is 87.3 Å². The number of halogens is 1. The number of nitrogens with one attached hydrogen (secondary N) is 2. The third-order valence-electron chi connectivity index (χ3n) is 13.7. The Morgan fingerprint density at radius 1 is 0.705 bits per heavy atom. The first kappa shape index (κ1) is 58.7. The van der Waals surface area contributed by atoms with E-state index in [1.807, 2.05) is 52.4 Å². The van der Waals surface area contributed by atoms with Gasteiger partial charge in [-0.3, -0.25) is 9.59 Å². The van der Waals surface area contributed by atoms with Gasteiger partial charge < -0.3 is 60.7 Å². The third-order valence-corrected chi connectivity index (χ3v) is 13.7. The molecule has 2 aromatic carbocycles. The number of hydrogen-bond donors (Lipinski definition) is 5. The van der Waals surface area contributed by atoms with Crippen LogP contribution in [0.2, 0.25) is 0 Å². The number of terminal acetylenes is 1. The first-order chi connectivity index (χ1) is 37.3. The number of aromatic nitrogens is 10. The Morgan fingerprint density at radius 3 is 1.74 bits per heavy atom. The maximum atomic E-state index is 14.7. The highest BCUT2D eigenvalue weighted by molar-refractivity contribution is 5.85. The van der Waals surface area contributed by atoms with Gasteiger partial charge in [-0.2, -0.15) is 15.0 Å². The Kier molecular flexibility index (Phi) is 21.5. The van der Waals surface area contributed by atoms with Crippen molar-refractivity contribution in [2.24, 2.45) is 23.3 Å². The number of para-hydroxylation sites is 1. The van der Waals surface area contributed by atoms with E-state index in [1.54, 1.807) is 27.7 Å². The van der Waals surface area contributed by atoms with Crippen molar-refractivity contribution in [2.45, 2.75) is 77.5 Å². The number of anilines is 3. The van der Waals surface area contributed by atoms with Crippen molar-refractivity contribution < 1.29 is 28.9 Å². The molecule has 2 aliphatic rings. The lowest BCUT2D eigenvalue weighted by Crippen LogP contribution is -2.52. The number of carbonyl (C=O) groups is 2. The predicted molar refractivity (Wildman–Crippen MR) is 299 cm³/mol. The Hall–Kier alpha value is -6.94. The smallest absolute Gasteiger partial charge is 0.248 e. The summed E-state index contributed by atoms with van der Waals surface area (Å²) in [5, 5.41) is 32.1. The number of fused-ring (bicyclic) bond motifs is 1. The summed E-state index contributed by atoms with van der Waals surface area (Å²) >= 11 is 0. The molecule has 4 atom stereocenters. The molecule has 2 amide bonds. The van der Waals surface area contributed by atoms with Gasteiger partial charge >= 0.3 is 0 Å². The molecule has 0 radical (unpaired) electrons. The van der Waals surface area contributed by atoms with E-state index in [2.05, 4.69) is 80.4 Å². The number of rotatable bonds is 27. The molecule has 7 N–H and O–H groups in total. The van der Waals surface area contributed by atoms with Crippen LogP contribution in [0.4, 0.5) is 17.8 Å². The molecule has 6 aromatic rings. The second-order valence-corrected chi connectivity index (χ2v) is 20.5. The van der Waals surface area contributed by atoms with Crippen LogP contribution in [0.25, 0.3) is 10.9 Å². The molecule has 8 rings (SSSR count). The second kappa shape index (κ2) is 28.6. The van der Waals surface area contributed by atoms with Crippen molar-refractivity contribution >= 4 is 53.0 Å². The van der Waals surface area contributed by atoms with E-state index < -0.39 is 12.1 Å². The van der Waals surface area contributed by atoms with E-state index in [4.69, 9.17) is 47.1 Å². The number of nitrogens with two attached hydrogens (primary N) is 2. The van der Waals surface area contributed by atoms with Crippen LogP contribution in [0, 0.1) is 24.2 Å². The number of piperazine rings is 2. The molecule has 78 heavy (non-hydrogen) atoms. The number of H-pyrrole nitrogens is 1. The first-order valence-corrected chi connectivity index (χ1v) is 26.7. The molecule has 0 spiro atoms. The molecule has 23 nitrogen and oxygen atoms in total. The van der Waals surface area contributed by atoms with Crippen LogP contribution in [-0.2, 0) is 36.6 Å². The SMILES string of the molecule is C#CCOCCOCCOCCNc1nc(N2CCN(C(=O)[C@H](Cc3ccc(O)cc3)n3cc([C@@H](N)CC(C)C)nn3)CC2)nc(N2CCN(C(=O)[C@H](Cc3cc4ccccc4[nH]3)n3cc([C@@H](N)CC(C)C)nn3)CC2)n1.Cl. The van der Waals surface area contributed by atoms with Gasteiger partial charge in [0.1, 0.15) is 24.4 Å². The molecule has 0 saturated carbocycles. The predicted octanol–water partition coefficient (Wildman–Crippen LogP) is 4.12. The van der Waals surface area contributed by atoms with Crippen LogP contribution in [0.3, 0.4) is 0 Å². The van der Waals surface area contributed by atoms with Crippen LogP contribution < -0.4 is 26.6 Å². The van der Waals surface area contributed by atoms with Crippen molar-refractivity contribution in [3.63, 3.8) is 0 Å². The largest absolute Gasteiger partial charge is 0.508 e. The highest BCUT2D eigenvalue weighted by Gasteiger charge is 2.34. The lowest BCUT2D eigenvalue weighted by atomic mass is 10.0.